The molecule has 1 unspecified atom stereocenters. The topological polar surface area (TPSA) is 45.7 Å². The molecule has 2 aromatic rings. The molecule has 0 radical (unpaired) electrons. The first-order valence-electron chi connectivity index (χ1n) is 8.87. The normalized spacial score (nSPS) is 21.1. The standard InChI is InChI=1S/C19H23N3O2S/c1-13-19(23)21(2)16-10-14(6-7-17(16)24-13)15-12-25-18(20-15)11-22-8-4-3-5-9-22/h6-7,10,12-13H,3-5,8-9,11H2,1-2H3. The van der Waals surface area contributed by atoms with Gasteiger partial charge in [-0.25, -0.2) is 4.98 Å². The van der Waals surface area contributed by atoms with Crippen molar-refractivity contribution in [2.45, 2.75) is 38.8 Å². The van der Waals surface area contributed by atoms with Crippen LogP contribution in [0, 0.1) is 0 Å². The molecule has 0 N–H and O–H groups in total. The summed E-state index contributed by atoms with van der Waals surface area (Å²) in [6.07, 6.45) is 3.50. The third kappa shape index (κ3) is 3.28. The lowest BCUT2D eigenvalue weighted by Gasteiger charge is -2.30. The van der Waals surface area contributed by atoms with E-state index in [9.17, 15) is 4.79 Å². The molecule has 1 amide bonds. The SMILES string of the molecule is CC1Oc2ccc(-c3csc(CN4CCCCC4)n3)cc2N(C)C1=O. The Balaban J connectivity index is 1.55. The number of carbonyl (C=O) groups is 1. The third-order valence-electron chi connectivity index (χ3n) is 4.96. The van der Waals surface area contributed by atoms with E-state index >= 15 is 0 Å². The van der Waals surface area contributed by atoms with Gasteiger partial charge in [0.1, 0.15) is 10.8 Å². The lowest BCUT2D eigenvalue weighted by atomic mass is 10.1. The van der Waals surface area contributed by atoms with E-state index in [1.165, 1.54) is 32.4 Å². The highest BCUT2D eigenvalue weighted by Gasteiger charge is 2.29. The first-order chi connectivity index (χ1) is 12.1. The number of anilines is 1. The predicted molar refractivity (Wildman–Crippen MR) is 100 cm³/mol. The van der Waals surface area contributed by atoms with E-state index in [0.29, 0.717) is 0 Å². The molecule has 0 saturated carbocycles. The van der Waals surface area contributed by atoms with Crippen molar-refractivity contribution in [3.05, 3.63) is 28.6 Å². The molecule has 1 fully saturated rings. The van der Waals surface area contributed by atoms with Crippen LogP contribution in [0.15, 0.2) is 23.6 Å². The van der Waals surface area contributed by atoms with Gasteiger partial charge in [-0.3, -0.25) is 9.69 Å². The van der Waals surface area contributed by atoms with Gasteiger partial charge in [0.05, 0.1) is 17.9 Å². The van der Waals surface area contributed by atoms with Crippen LogP contribution in [-0.2, 0) is 11.3 Å². The highest BCUT2D eigenvalue weighted by Crippen LogP contribution is 2.37. The summed E-state index contributed by atoms with van der Waals surface area (Å²) in [5.41, 5.74) is 2.81. The van der Waals surface area contributed by atoms with Crippen molar-refractivity contribution < 1.29 is 9.53 Å². The molecule has 2 aliphatic rings. The monoisotopic (exact) mass is 357 g/mol. The Labute approximate surface area is 152 Å². The van der Waals surface area contributed by atoms with E-state index in [1.54, 1.807) is 30.2 Å². The lowest BCUT2D eigenvalue weighted by Crippen LogP contribution is -2.41. The first kappa shape index (κ1) is 16.5. The molecule has 0 bridgehead atoms. The third-order valence-corrected chi connectivity index (χ3v) is 5.79. The minimum absolute atomic E-state index is 0.0197. The number of likely N-dealkylation sites (N-methyl/N-ethyl adjacent to an activating group) is 1. The number of thiazole rings is 1. The maximum Gasteiger partial charge on any atom is 0.267 e. The van der Waals surface area contributed by atoms with Gasteiger partial charge in [0.15, 0.2) is 6.10 Å². The van der Waals surface area contributed by atoms with Gasteiger partial charge in [0.25, 0.3) is 5.91 Å². The molecule has 1 aromatic heterocycles. The molecule has 1 aromatic carbocycles. The molecule has 4 rings (SSSR count). The molecular formula is C19H23N3O2S. The number of ether oxygens (including phenoxy) is 1. The van der Waals surface area contributed by atoms with Crippen LogP contribution in [0.5, 0.6) is 5.75 Å². The van der Waals surface area contributed by atoms with Crippen molar-refractivity contribution in [1.29, 1.82) is 0 Å². The maximum atomic E-state index is 12.1. The Hall–Kier alpha value is -1.92. The zero-order valence-electron chi connectivity index (χ0n) is 14.7. The van der Waals surface area contributed by atoms with Crippen LogP contribution in [0.3, 0.4) is 0 Å². The molecular weight excluding hydrogens is 334 g/mol. The second-order valence-corrected chi connectivity index (χ2v) is 7.75. The smallest absolute Gasteiger partial charge is 0.267 e. The van der Waals surface area contributed by atoms with Crippen molar-refractivity contribution >= 4 is 22.9 Å². The number of benzene rings is 1. The Kier molecular flexibility index (Phi) is 4.48. The van der Waals surface area contributed by atoms with Crippen LogP contribution in [-0.4, -0.2) is 42.0 Å². The molecule has 132 valence electrons. The number of carbonyl (C=O) groups excluding carboxylic acids is 1. The van der Waals surface area contributed by atoms with E-state index in [4.69, 9.17) is 9.72 Å². The van der Waals surface area contributed by atoms with E-state index in [-0.39, 0.29) is 5.91 Å². The zero-order valence-corrected chi connectivity index (χ0v) is 15.5. The number of likely N-dealkylation sites (tertiary alicyclic amines) is 1. The number of hydrogen-bond donors (Lipinski definition) is 0. The summed E-state index contributed by atoms with van der Waals surface area (Å²) in [6.45, 7) is 5.07. The lowest BCUT2D eigenvalue weighted by molar-refractivity contribution is -0.125. The van der Waals surface area contributed by atoms with Gasteiger partial charge < -0.3 is 9.64 Å². The van der Waals surface area contributed by atoms with Crippen LogP contribution < -0.4 is 9.64 Å². The highest BCUT2D eigenvalue weighted by molar-refractivity contribution is 7.09. The fraction of sp³-hybridized carbons (Fsp3) is 0.474. The van der Waals surface area contributed by atoms with Crippen molar-refractivity contribution in [2.75, 3.05) is 25.0 Å². The van der Waals surface area contributed by atoms with Crippen LogP contribution in [0.1, 0.15) is 31.2 Å². The predicted octanol–water partition coefficient (Wildman–Crippen LogP) is 3.54. The van der Waals surface area contributed by atoms with Gasteiger partial charge in [-0.05, 0) is 51.1 Å². The van der Waals surface area contributed by atoms with Crippen molar-refractivity contribution in [3.63, 3.8) is 0 Å². The Morgan fingerprint density at radius 2 is 2.08 bits per heavy atom. The number of piperidine rings is 1. The van der Waals surface area contributed by atoms with Crippen molar-refractivity contribution in [3.8, 4) is 17.0 Å². The summed E-state index contributed by atoms with van der Waals surface area (Å²) in [5, 5.41) is 3.26. The molecule has 1 atom stereocenters. The Morgan fingerprint density at radius 1 is 1.28 bits per heavy atom. The molecule has 0 spiro atoms. The first-order valence-corrected chi connectivity index (χ1v) is 9.75. The van der Waals surface area contributed by atoms with Crippen LogP contribution >= 0.6 is 11.3 Å². The molecule has 25 heavy (non-hydrogen) atoms. The average molecular weight is 357 g/mol. The molecule has 1 saturated heterocycles. The average Bonchev–Trinajstić information content (AvgIpc) is 3.09. The largest absolute Gasteiger partial charge is 0.479 e. The fourth-order valence-electron chi connectivity index (χ4n) is 3.50. The second-order valence-electron chi connectivity index (χ2n) is 6.80. The van der Waals surface area contributed by atoms with E-state index in [2.05, 4.69) is 10.3 Å². The van der Waals surface area contributed by atoms with Gasteiger partial charge in [-0.2, -0.15) is 0 Å². The number of hydrogen-bond acceptors (Lipinski definition) is 5. The van der Waals surface area contributed by atoms with Crippen LogP contribution in [0.25, 0.3) is 11.3 Å². The van der Waals surface area contributed by atoms with Gasteiger partial charge in [-0.15, -0.1) is 11.3 Å². The number of aromatic nitrogens is 1. The van der Waals surface area contributed by atoms with Gasteiger partial charge >= 0.3 is 0 Å². The molecule has 0 aliphatic carbocycles. The molecule has 5 nitrogen and oxygen atoms in total. The number of nitrogens with zero attached hydrogens (tertiary/aromatic N) is 3. The fourth-order valence-corrected chi connectivity index (χ4v) is 4.34. The Bertz CT molecular complexity index is 783. The molecule has 2 aliphatic heterocycles. The van der Waals surface area contributed by atoms with E-state index < -0.39 is 6.10 Å². The van der Waals surface area contributed by atoms with Gasteiger partial charge in [0, 0.05) is 18.0 Å². The Morgan fingerprint density at radius 3 is 2.88 bits per heavy atom. The van der Waals surface area contributed by atoms with Gasteiger partial charge in [0.2, 0.25) is 0 Å². The summed E-state index contributed by atoms with van der Waals surface area (Å²) < 4.78 is 5.70. The van der Waals surface area contributed by atoms with Gasteiger partial charge in [-0.1, -0.05) is 6.42 Å². The maximum absolute atomic E-state index is 12.1. The number of rotatable bonds is 3. The molecule has 3 heterocycles. The van der Waals surface area contributed by atoms with Crippen LogP contribution in [0.4, 0.5) is 5.69 Å². The van der Waals surface area contributed by atoms with Crippen molar-refractivity contribution in [2.24, 2.45) is 0 Å². The summed E-state index contributed by atoms with van der Waals surface area (Å²) in [5.74, 6) is 0.732. The molecule has 6 heteroatoms. The quantitative estimate of drug-likeness (QED) is 0.843. The number of fused-ring (bicyclic) bond motifs is 1. The summed E-state index contributed by atoms with van der Waals surface area (Å²) >= 11 is 1.71. The highest BCUT2D eigenvalue weighted by atomic mass is 32.1. The minimum atomic E-state index is -0.432. The second kappa shape index (κ2) is 6.77. The van der Waals surface area contributed by atoms with Crippen LogP contribution in [0.2, 0.25) is 0 Å². The summed E-state index contributed by atoms with van der Waals surface area (Å²) in [4.78, 5) is 21.1. The summed E-state index contributed by atoms with van der Waals surface area (Å²) in [7, 11) is 1.80. The van der Waals surface area contributed by atoms with E-state index in [0.717, 1.165) is 34.2 Å². The minimum Gasteiger partial charge on any atom is -0.479 e. The van der Waals surface area contributed by atoms with E-state index in [1.807, 2.05) is 18.2 Å². The number of amides is 1. The zero-order chi connectivity index (χ0) is 17.4. The van der Waals surface area contributed by atoms with Crippen molar-refractivity contribution in [1.82, 2.24) is 9.88 Å². The summed E-state index contributed by atoms with van der Waals surface area (Å²) in [6, 6.07) is 5.96.